The lowest BCUT2D eigenvalue weighted by molar-refractivity contribution is 0.126. The van der Waals surface area contributed by atoms with E-state index < -0.39 is 0 Å². The van der Waals surface area contributed by atoms with Crippen molar-refractivity contribution < 1.29 is 9.50 Å². The Hall–Kier alpha value is -3.03. The van der Waals surface area contributed by atoms with Crippen molar-refractivity contribution in [2.24, 2.45) is 0 Å². The minimum absolute atomic E-state index is 0.215. The Bertz CT molecular complexity index is 1220. The lowest BCUT2D eigenvalue weighted by Gasteiger charge is -2.26. The van der Waals surface area contributed by atoms with Gasteiger partial charge in [0.1, 0.15) is 17.2 Å². The second kappa shape index (κ2) is 8.24. The molecular weight excluding hydrogens is 417 g/mol. The lowest BCUT2D eigenvalue weighted by Crippen LogP contribution is -2.29. The van der Waals surface area contributed by atoms with Crippen molar-refractivity contribution in [3.63, 3.8) is 0 Å². The SMILES string of the molecule is OC1CCC(Nc2ncc(Cl)c(-c3cnc4ccc(-c5ccc(F)cc5)cn34)n2)CC1. The van der Waals surface area contributed by atoms with Gasteiger partial charge in [-0.1, -0.05) is 23.7 Å². The molecule has 1 aliphatic carbocycles. The molecule has 0 atom stereocenters. The van der Waals surface area contributed by atoms with Crippen LogP contribution in [0.4, 0.5) is 10.3 Å². The Balaban J connectivity index is 1.49. The number of imidazole rings is 1. The molecule has 0 spiro atoms. The average Bonchev–Trinajstić information content (AvgIpc) is 3.20. The smallest absolute Gasteiger partial charge is 0.223 e. The van der Waals surface area contributed by atoms with Gasteiger partial charge in [0.2, 0.25) is 5.95 Å². The van der Waals surface area contributed by atoms with Crippen LogP contribution in [0.2, 0.25) is 5.02 Å². The van der Waals surface area contributed by atoms with Crippen LogP contribution in [-0.2, 0) is 0 Å². The van der Waals surface area contributed by atoms with Crippen LogP contribution in [-0.4, -0.2) is 36.6 Å². The summed E-state index contributed by atoms with van der Waals surface area (Å²) in [5.41, 5.74) is 3.91. The van der Waals surface area contributed by atoms with Gasteiger partial charge in [-0.05, 0) is 61.1 Å². The third-order valence-electron chi connectivity index (χ3n) is 5.70. The van der Waals surface area contributed by atoms with E-state index in [4.69, 9.17) is 11.6 Å². The summed E-state index contributed by atoms with van der Waals surface area (Å²) in [6, 6.07) is 10.5. The molecule has 1 fully saturated rings. The van der Waals surface area contributed by atoms with E-state index in [0.29, 0.717) is 16.7 Å². The van der Waals surface area contributed by atoms with E-state index in [0.717, 1.165) is 48.2 Å². The maximum absolute atomic E-state index is 13.3. The number of benzene rings is 1. The predicted octanol–water partition coefficient (Wildman–Crippen LogP) is 4.97. The summed E-state index contributed by atoms with van der Waals surface area (Å²) >= 11 is 6.46. The van der Waals surface area contributed by atoms with E-state index in [1.165, 1.54) is 12.1 Å². The number of rotatable bonds is 4. The molecule has 6 nitrogen and oxygen atoms in total. The minimum Gasteiger partial charge on any atom is -0.393 e. The molecule has 2 N–H and O–H groups in total. The van der Waals surface area contributed by atoms with E-state index in [1.807, 2.05) is 22.7 Å². The van der Waals surface area contributed by atoms with E-state index in [1.54, 1.807) is 24.5 Å². The van der Waals surface area contributed by atoms with E-state index in [2.05, 4.69) is 20.3 Å². The van der Waals surface area contributed by atoms with Crippen molar-refractivity contribution in [2.75, 3.05) is 5.32 Å². The normalized spacial score (nSPS) is 18.9. The van der Waals surface area contributed by atoms with Gasteiger partial charge in [0.25, 0.3) is 0 Å². The summed E-state index contributed by atoms with van der Waals surface area (Å²) in [4.78, 5) is 13.5. The number of hydrogen-bond acceptors (Lipinski definition) is 5. The first-order valence-corrected chi connectivity index (χ1v) is 10.7. The summed E-state index contributed by atoms with van der Waals surface area (Å²) in [5.74, 6) is 0.235. The Morgan fingerprint density at radius 3 is 2.48 bits per heavy atom. The minimum atomic E-state index is -0.270. The Morgan fingerprint density at radius 2 is 1.71 bits per heavy atom. The fraction of sp³-hybridized carbons (Fsp3) is 0.261. The lowest BCUT2D eigenvalue weighted by atomic mass is 9.93. The Labute approximate surface area is 183 Å². The zero-order valence-corrected chi connectivity index (χ0v) is 17.4. The molecule has 1 aromatic carbocycles. The van der Waals surface area contributed by atoms with E-state index >= 15 is 0 Å². The number of aromatic nitrogens is 4. The number of nitrogens with zero attached hydrogens (tertiary/aromatic N) is 4. The molecule has 0 radical (unpaired) electrons. The highest BCUT2D eigenvalue weighted by Crippen LogP contribution is 2.30. The average molecular weight is 438 g/mol. The third-order valence-corrected chi connectivity index (χ3v) is 5.98. The van der Waals surface area contributed by atoms with Crippen LogP contribution in [0.5, 0.6) is 0 Å². The first-order valence-electron chi connectivity index (χ1n) is 10.3. The van der Waals surface area contributed by atoms with E-state index in [9.17, 15) is 9.50 Å². The number of anilines is 1. The highest BCUT2D eigenvalue weighted by atomic mass is 35.5. The fourth-order valence-electron chi connectivity index (χ4n) is 3.99. The molecule has 8 heteroatoms. The second-order valence-electron chi connectivity index (χ2n) is 7.84. The van der Waals surface area contributed by atoms with Crippen LogP contribution < -0.4 is 5.32 Å². The number of fused-ring (bicyclic) bond motifs is 1. The molecule has 1 saturated carbocycles. The van der Waals surface area contributed by atoms with Gasteiger partial charge in [0.15, 0.2) is 0 Å². The van der Waals surface area contributed by atoms with Gasteiger partial charge in [-0.2, -0.15) is 0 Å². The molecule has 0 unspecified atom stereocenters. The highest BCUT2D eigenvalue weighted by molar-refractivity contribution is 6.32. The van der Waals surface area contributed by atoms with Crippen molar-refractivity contribution in [2.45, 2.75) is 37.8 Å². The maximum atomic E-state index is 13.3. The molecule has 158 valence electrons. The second-order valence-corrected chi connectivity index (χ2v) is 8.24. The van der Waals surface area contributed by atoms with Crippen molar-refractivity contribution in [3.8, 4) is 22.5 Å². The first-order chi connectivity index (χ1) is 15.1. The Morgan fingerprint density at radius 1 is 0.968 bits per heavy atom. The number of halogens is 2. The number of aliphatic hydroxyl groups excluding tert-OH is 1. The monoisotopic (exact) mass is 437 g/mol. The van der Waals surface area contributed by atoms with Crippen LogP contribution in [0.15, 0.2) is 55.0 Å². The zero-order chi connectivity index (χ0) is 21.4. The van der Waals surface area contributed by atoms with Gasteiger partial charge in [-0.15, -0.1) is 0 Å². The van der Waals surface area contributed by atoms with Crippen molar-refractivity contribution >= 4 is 23.2 Å². The third kappa shape index (κ3) is 4.11. The summed E-state index contributed by atoms with van der Waals surface area (Å²) in [6.07, 6.45) is 8.35. The molecule has 0 amide bonds. The van der Waals surface area contributed by atoms with Crippen molar-refractivity contribution in [1.82, 2.24) is 19.4 Å². The van der Waals surface area contributed by atoms with Gasteiger partial charge in [-0.25, -0.2) is 19.3 Å². The maximum Gasteiger partial charge on any atom is 0.223 e. The zero-order valence-electron chi connectivity index (χ0n) is 16.7. The van der Waals surface area contributed by atoms with Crippen LogP contribution >= 0.6 is 11.6 Å². The molecule has 1 aliphatic rings. The molecule has 0 saturated heterocycles. The van der Waals surface area contributed by atoms with Crippen LogP contribution in [0, 0.1) is 5.82 Å². The quantitative estimate of drug-likeness (QED) is 0.471. The Kier molecular flexibility index (Phi) is 5.29. The molecule has 31 heavy (non-hydrogen) atoms. The summed E-state index contributed by atoms with van der Waals surface area (Å²) in [7, 11) is 0. The number of pyridine rings is 1. The number of hydrogen-bond donors (Lipinski definition) is 2. The molecule has 0 aliphatic heterocycles. The largest absolute Gasteiger partial charge is 0.393 e. The molecule has 0 bridgehead atoms. The number of aliphatic hydroxyl groups is 1. The van der Waals surface area contributed by atoms with Gasteiger partial charge in [0, 0.05) is 12.2 Å². The molecular formula is C23H21ClFN5O. The number of nitrogens with one attached hydrogen (secondary N) is 1. The van der Waals surface area contributed by atoms with Gasteiger partial charge in [-0.3, -0.25) is 4.40 Å². The predicted molar refractivity (Wildman–Crippen MR) is 119 cm³/mol. The molecule has 3 aromatic heterocycles. The molecule has 5 rings (SSSR count). The van der Waals surface area contributed by atoms with Crippen LogP contribution in [0.1, 0.15) is 25.7 Å². The summed E-state index contributed by atoms with van der Waals surface area (Å²) in [6.45, 7) is 0. The van der Waals surface area contributed by atoms with Gasteiger partial charge in [0.05, 0.1) is 29.2 Å². The standard InChI is InChI=1S/C23H21ClFN5O/c24-19-11-27-23(28-17-6-8-18(31)9-7-17)29-22(19)20-12-26-21-10-3-15(13-30(20)21)14-1-4-16(25)5-2-14/h1-5,10-13,17-18,31H,6-9H2,(H,27,28,29). The van der Waals surface area contributed by atoms with Crippen LogP contribution in [0.3, 0.4) is 0 Å². The first kappa shape index (κ1) is 19.9. The van der Waals surface area contributed by atoms with Crippen LogP contribution in [0.25, 0.3) is 28.2 Å². The summed E-state index contributed by atoms with van der Waals surface area (Å²) in [5, 5.41) is 13.5. The summed E-state index contributed by atoms with van der Waals surface area (Å²) < 4.78 is 15.2. The fourth-order valence-corrected chi connectivity index (χ4v) is 4.18. The highest BCUT2D eigenvalue weighted by Gasteiger charge is 2.21. The van der Waals surface area contributed by atoms with Crippen molar-refractivity contribution in [3.05, 3.63) is 65.8 Å². The molecule has 4 aromatic rings. The van der Waals surface area contributed by atoms with Crippen molar-refractivity contribution in [1.29, 1.82) is 0 Å². The molecule has 3 heterocycles. The van der Waals surface area contributed by atoms with Gasteiger partial charge < -0.3 is 10.4 Å². The van der Waals surface area contributed by atoms with Gasteiger partial charge >= 0.3 is 0 Å². The van der Waals surface area contributed by atoms with E-state index in [-0.39, 0.29) is 18.0 Å². The topological polar surface area (TPSA) is 75.3 Å².